The molecule has 0 amide bonds. The van der Waals surface area contributed by atoms with E-state index in [0.717, 1.165) is 12.5 Å². The smallest absolute Gasteiger partial charge is 0.316 e. The second-order valence-electron chi connectivity index (χ2n) is 7.07. The van der Waals surface area contributed by atoms with E-state index >= 15 is 0 Å². The number of hydrogen-bond donors (Lipinski definition) is 1. The molecule has 1 aliphatic carbocycles. The van der Waals surface area contributed by atoms with Gasteiger partial charge in [-0.25, -0.2) is 0 Å². The molecule has 0 bridgehead atoms. The van der Waals surface area contributed by atoms with Gasteiger partial charge in [0.05, 0.1) is 5.75 Å². The van der Waals surface area contributed by atoms with Gasteiger partial charge in [0.25, 0.3) is 0 Å². The zero-order valence-electron chi connectivity index (χ0n) is 14.4. The number of rotatable bonds is 7. The third kappa shape index (κ3) is 7.55. The molecule has 0 aromatic carbocycles. The number of hydrogen-bond acceptors (Lipinski definition) is 4. The molecule has 3 nitrogen and oxygen atoms in total. The molecule has 3 atom stereocenters. The predicted molar refractivity (Wildman–Crippen MR) is 91.8 cm³/mol. The molecular formula is C17H33NO2S. The summed E-state index contributed by atoms with van der Waals surface area (Å²) in [6, 6.07) is 0.551. The molecule has 1 aliphatic rings. The lowest BCUT2D eigenvalue weighted by Crippen LogP contribution is -2.43. The standard InChI is InChI=1S/C17H33NO2S/c1-6-8-13-9-10-14(18-7-2)15(11-13)21-12-16(19)20-17(3,4)5/h13-15,18H,6-12H2,1-5H3. The highest BCUT2D eigenvalue weighted by Crippen LogP contribution is 2.35. The van der Waals surface area contributed by atoms with E-state index < -0.39 is 0 Å². The van der Waals surface area contributed by atoms with Crippen LogP contribution in [0.2, 0.25) is 0 Å². The van der Waals surface area contributed by atoms with Crippen molar-refractivity contribution in [3.8, 4) is 0 Å². The van der Waals surface area contributed by atoms with Gasteiger partial charge in [-0.2, -0.15) is 0 Å². The lowest BCUT2D eigenvalue weighted by molar-refractivity contribution is -0.151. The summed E-state index contributed by atoms with van der Waals surface area (Å²) in [5.41, 5.74) is -0.379. The molecule has 1 N–H and O–H groups in total. The van der Waals surface area contributed by atoms with Crippen molar-refractivity contribution in [3.63, 3.8) is 0 Å². The van der Waals surface area contributed by atoms with Gasteiger partial charge in [0.15, 0.2) is 0 Å². The zero-order valence-corrected chi connectivity index (χ0v) is 15.2. The molecule has 3 unspecified atom stereocenters. The van der Waals surface area contributed by atoms with E-state index in [2.05, 4.69) is 19.2 Å². The monoisotopic (exact) mass is 315 g/mol. The molecule has 1 rings (SSSR count). The molecule has 124 valence electrons. The van der Waals surface area contributed by atoms with Gasteiger partial charge in [-0.3, -0.25) is 4.79 Å². The second-order valence-corrected chi connectivity index (χ2v) is 8.30. The normalized spacial score (nSPS) is 26.6. The van der Waals surface area contributed by atoms with Crippen LogP contribution >= 0.6 is 11.8 Å². The van der Waals surface area contributed by atoms with Gasteiger partial charge in [-0.15, -0.1) is 11.8 Å². The van der Waals surface area contributed by atoms with Crippen LogP contribution in [0, 0.1) is 5.92 Å². The summed E-state index contributed by atoms with van der Waals surface area (Å²) in [7, 11) is 0. The van der Waals surface area contributed by atoms with Crippen LogP contribution in [0.3, 0.4) is 0 Å². The van der Waals surface area contributed by atoms with Crippen LogP contribution in [0.1, 0.15) is 66.7 Å². The van der Waals surface area contributed by atoms with Crippen LogP contribution in [0.25, 0.3) is 0 Å². The highest BCUT2D eigenvalue weighted by atomic mass is 32.2. The predicted octanol–water partition coefficient (Wildman–Crippen LogP) is 4.01. The maximum atomic E-state index is 11.9. The Hall–Kier alpha value is -0.220. The first kappa shape index (κ1) is 18.8. The van der Waals surface area contributed by atoms with Crippen molar-refractivity contribution < 1.29 is 9.53 Å². The van der Waals surface area contributed by atoms with Crippen molar-refractivity contribution in [1.82, 2.24) is 5.32 Å². The van der Waals surface area contributed by atoms with E-state index in [0.29, 0.717) is 17.0 Å². The van der Waals surface area contributed by atoms with Crippen molar-refractivity contribution in [2.24, 2.45) is 5.92 Å². The van der Waals surface area contributed by atoms with Crippen molar-refractivity contribution in [2.45, 2.75) is 83.6 Å². The van der Waals surface area contributed by atoms with Crippen LogP contribution in [-0.4, -0.2) is 35.2 Å². The molecule has 0 aromatic heterocycles. The third-order valence-corrected chi connectivity index (χ3v) is 5.25. The molecule has 0 aromatic rings. The number of carbonyl (C=O) groups is 1. The number of ether oxygens (including phenoxy) is 1. The lowest BCUT2D eigenvalue weighted by atomic mass is 9.83. The average molecular weight is 316 g/mol. The topological polar surface area (TPSA) is 38.3 Å². The Morgan fingerprint density at radius 1 is 1.29 bits per heavy atom. The minimum atomic E-state index is -0.379. The van der Waals surface area contributed by atoms with E-state index in [1.54, 1.807) is 11.8 Å². The van der Waals surface area contributed by atoms with E-state index in [1.807, 2.05) is 20.8 Å². The van der Waals surface area contributed by atoms with Gasteiger partial charge in [-0.1, -0.05) is 26.7 Å². The maximum absolute atomic E-state index is 11.9. The quantitative estimate of drug-likeness (QED) is 0.721. The Balaban J connectivity index is 2.47. The Kier molecular flexibility index (Phi) is 8.10. The van der Waals surface area contributed by atoms with Gasteiger partial charge < -0.3 is 10.1 Å². The van der Waals surface area contributed by atoms with Crippen LogP contribution in [0.5, 0.6) is 0 Å². The first-order valence-electron chi connectivity index (χ1n) is 8.42. The van der Waals surface area contributed by atoms with E-state index in [-0.39, 0.29) is 11.6 Å². The molecule has 21 heavy (non-hydrogen) atoms. The first-order valence-corrected chi connectivity index (χ1v) is 9.47. The largest absolute Gasteiger partial charge is 0.459 e. The Bertz CT molecular complexity index is 314. The number of carbonyl (C=O) groups excluding carboxylic acids is 1. The Morgan fingerprint density at radius 3 is 2.57 bits per heavy atom. The highest BCUT2D eigenvalue weighted by molar-refractivity contribution is 8.00. The molecule has 1 saturated carbocycles. The SMILES string of the molecule is CCCC1CCC(NCC)C(SCC(=O)OC(C)(C)C)C1. The first-order chi connectivity index (χ1) is 9.85. The number of nitrogens with one attached hydrogen (secondary N) is 1. The van der Waals surface area contributed by atoms with Gasteiger partial charge in [0.1, 0.15) is 5.60 Å². The van der Waals surface area contributed by atoms with Crippen LogP contribution in [-0.2, 0) is 9.53 Å². The second kappa shape index (κ2) is 9.04. The van der Waals surface area contributed by atoms with Gasteiger partial charge >= 0.3 is 5.97 Å². The van der Waals surface area contributed by atoms with Crippen LogP contribution in [0.4, 0.5) is 0 Å². The molecule has 0 spiro atoms. The zero-order chi connectivity index (χ0) is 15.9. The fraction of sp³-hybridized carbons (Fsp3) is 0.941. The third-order valence-electron chi connectivity index (χ3n) is 3.90. The Labute approximate surface area is 135 Å². The summed E-state index contributed by atoms with van der Waals surface area (Å²) in [4.78, 5) is 11.9. The summed E-state index contributed by atoms with van der Waals surface area (Å²) in [5, 5.41) is 4.14. The van der Waals surface area contributed by atoms with Gasteiger partial charge in [-0.05, 0) is 52.5 Å². The van der Waals surface area contributed by atoms with Gasteiger partial charge in [0.2, 0.25) is 0 Å². The Morgan fingerprint density at radius 2 is 2.00 bits per heavy atom. The van der Waals surface area contributed by atoms with Crippen LogP contribution in [0.15, 0.2) is 0 Å². The molecule has 0 aliphatic heterocycles. The molecular weight excluding hydrogens is 282 g/mol. The molecule has 0 saturated heterocycles. The van der Waals surface area contributed by atoms with Crippen molar-refractivity contribution in [1.29, 1.82) is 0 Å². The lowest BCUT2D eigenvalue weighted by Gasteiger charge is -2.36. The van der Waals surface area contributed by atoms with E-state index in [4.69, 9.17) is 4.74 Å². The average Bonchev–Trinajstić information content (AvgIpc) is 2.37. The van der Waals surface area contributed by atoms with Gasteiger partial charge in [0, 0.05) is 11.3 Å². The van der Waals surface area contributed by atoms with Crippen molar-refractivity contribution in [3.05, 3.63) is 0 Å². The summed E-state index contributed by atoms with van der Waals surface area (Å²) < 4.78 is 5.42. The summed E-state index contributed by atoms with van der Waals surface area (Å²) >= 11 is 1.79. The highest BCUT2D eigenvalue weighted by Gasteiger charge is 2.30. The fourth-order valence-electron chi connectivity index (χ4n) is 3.11. The summed E-state index contributed by atoms with van der Waals surface area (Å²) in [6.07, 6.45) is 6.39. The van der Waals surface area contributed by atoms with E-state index in [9.17, 15) is 4.79 Å². The van der Waals surface area contributed by atoms with E-state index in [1.165, 1.54) is 32.1 Å². The minimum absolute atomic E-state index is 0.0830. The minimum Gasteiger partial charge on any atom is -0.459 e. The molecule has 1 fully saturated rings. The summed E-state index contributed by atoms with van der Waals surface area (Å²) in [5.74, 6) is 1.23. The summed E-state index contributed by atoms with van der Waals surface area (Å²) in [6.45, 7) is 11.2. The molecule has 0 radical (unpaired) electrons. The molecule has 4 heteroatoms. The number of thioether (sulfide) groups is 1. The van der Waals surface area contributed by atoms with Crippen molar-refractivity contribution >= 4 is 17.7 Å². The van der Waals surface area contributed by atoms with Crippen LogP contribution < -0.4 is 5.32 Å². The van der Waals surface area contributed by atoms with Crippen molar-refractivity contribution in [2.75, 3.05) is 12.3 Å². The fourth-order valence-corrected chi connectivity index (χ4v) is 4.39. The molecule has 0 heterocycles. The maximum Gasteiger partial charge on any atom is 0.316 e. The number of esters is 1.